The normalized spacial score (nSPS) is 16.1. The monoisotopic (exact) mass is 268 g/mol. The van der Waals surface area contributed by atoms with Crippen molar-refractivity contribution in [3.05, 3.63) is 41.6 Å². The van der Waals surface area contributed by atoms with Crippen molar-refractivity contribution in [1.82, 2.24) is 9.88 Å². The molecule has 2 aromatic rings. The lowest BCUT2D eigenvalue weighted by Crippen LogP contribution is -2.32. The average Bonchev–Trinajstić information content (AvgIpc) is 2.74. The highest BCUT2D eigenvalue weighted by Gasteiger charge is 2.19. The molecule has 1 amide bonds. The average molecular weight is 268 g/mol. The number of nitrogens with zero attached hydrogens (tertiary/aromatic N) is 2. The first-order valence-electron chi connectivity index (χ1n) is 7.41. The number of para-hydroxylation sites is 1. The molecule has 0 unspecified atom stereocenters. The third-order valence-electron chi connectivity index (χ3n) is 3.97. The molecule has 20 heavy (non-hydrogen) atoms. The van der Waals surface area contributed by atoms with Gasteiger partial charge in [0.15, 0.2) is 0 Å². The number of likely N-dealkylation sites (tertiary alicyclic amines) is 1. The van der Waals surface area contributed by atoms with Crippen LogP contribution in [0.1, 0.15) is 41.7 Å². The Balaban J connectivity index is 2.02. The maximum absolute atomic E-state index is 12.8. The number of hydrogen-bond donors (Lipinski definition) is 0. The van der Waals surface area contributed by atoms with Gasteiger partial charge in [0, 0.05) is 24.2 Å². The van der Waals surface area contributed by atoms with Gasteiger partial charge in [0.1, 0.15) is 0 Å². The van der Waals surface area contributed by atoms with E-state index in [0.29, 0.717) is 0 Å². The van der Waals surface area contributed by atoms with Crippen molar-refractivity contribution in [2.75, 3.05) is 13.1 Å². The van der Waals surface area contributed by atoms with Crippen molar-refractivity contribution >= 4 is 16.8 Å². The Morgan fingerprint density at radius 3 is 2.55 bits per heavy atom. The number of fused-ring (bicyclic) bond motifs is 1. The van der Waals surface area contributed by atoms with Crippen molar-refractivity contribution in [1.29, 1.82) is 0 Å². The van der Waals surface area contributed by atoms with Gasteiger partial charge in [-0.25, -0.2) is 0 Å². The van der Waals surface area contributed by atoms with Gasteiger partial charge in [0.05, 0.1) is 11.1 Å². The molecule has 1 saturated heterocycles. The zero-order valence-corrected chi connectivity index (χ0v) is 11.9. The second-order valence-electron chi connectivity index (χ2n) is 5.53. The number of hydrogen-bond acceptors (Lipinski definition) is 2. The summed E-state index contributed by atoms with van der Waals surface area (Å²) >= 11 is 0. The molecule has 2 heterocycles. The Bertz CT molecular complexity index is 628. The molecular weight excluding hydrogens is 248 g/mol. The molecule has 0 saturated carbocycles. The highest BCUT2D eigenvalue weighted by molar-refractivity contribution is 6.06. The van der Waals surface area contributed by atoms with Gasteiger partial charge in [-0.1, -0.05) is 31.0 Å². The summed E-state index contributed by atoms with van der Waals surface area (Å²) in [6.07, 6.45) is 4.71. The van der Waals surface area contributed by atoms with Gasteiger partial charge < -0.3 is 4.90 Å². The van der Waals surface area contributed by atoms with Crippen molar-refractivity contribution in [3.63, 3.8) is 0 Å². The topological polar surface area (TPSA) is 33.2 Å². The number of amides is 1. The lowest BCUT2D eigenvalue weighted by Gasteiger charge is -2.21. The quantitative estimate of drug-likeness (QED) is 0.792. The summed E-state index contributed by atoms with van der Waals surface area (Å²) in [5.74, 6) is 0.161. The molecule has 1 fully saturated rings. The first kappa shape index (κ1) is 13.1. The molecule has 1 aromatic heterocycles. The molecule has 1 aliphatic heterocycles. The maximum Gasteiger partial charge on any atom is 0.254 e. The minimum atomic E-state index is 0.161. The number of pyridine rings is 1. The number of aryl methyl sites for hydroxylation is 1. The van der Waals surface area contributed by atoms with Crippen molar-refractivity contribution < 1.29 is 4.79 Å². The highest BCUT2D eigenvalue weighted by Crippen LogP contribution is 2.21. The largest absolute Gasteiger partial charge is 0.339 e. The van der Waals surface area contributed by atoms with Crippen LogP contribution in [0.5, 0.6) is 0 Å². The standard InChI is InChI=1S/C17H20N2O/c1-13-12-15(14-8-4-5-9-16(14)18-13)17(20)19-10-6-2-3-7-11-19/h4-5,8-9,12H,2-3,6-7,10-11H2,1H3. The van der Waals surface area contributed by atoms with Crippen LogP contribution < -0.4 is 0 Å². The number of carbonyl (C=O) groups excluding carboxylic acids is 1. The van der Waals surface area contributed by atoms with Crippen LogP contribution in [0.3, 0.4) is 0 Å². The Labute approximate surface area is 119 Å². The molecule has 0 atom stereocenters. The van der Waals surface area contributed by atoms with Gasteiger partial charge in [0.2, 0.25) is 0 Å². The molecule has 1 aliphatic rings. The second-order valence-corrected chi connectivity index (χ2v) is 5.53. The first-order valence-corrected chi connectivity index (χ1v) is 7.41. The number of benzene rings is 1. The fourth-order valence-corrected chi connectivity index (χ4v) is 2.93. The second kappa shape index (κ2) is 5.61. The molecule has 0 N–H and O–H groups in total. The van der Waals surface area contributed by atoms with E-state index in [1.165, 1.54) is 12.8 Å². The molecular formula is C17H20N2O. The van der Waals surface area contributed by atoms with Crippen LogP contribution >= 0.6 is 0 Å². The Hall–Kier alpha value is -1.90. The van der Waals surface area contributed by atoms with E-state index in [2.05, 4.69) is 4.98 Å². The van der Waals surface area contributed by atoms with Crippen LogP contribution in [0.4, 0.5) is 0 Å². The van der Waals surface area contributed by atoms with Gasteiger partial charge in [-0.05, 0) is 31.9 Å². The van der Waals surface area contributed by atoms with Gasteiger partial charge >= 0.3 is 0 Å². The first-order chi connectivity index (χ1) is 9.75. The van der Waals surface area contributed by atoms with E-state index >= 15 is 0 Å². The van der Waals surface area contributed by atoms with Crippen LogP contribution in [0.15, 0.2) is 30.3 Å². The predicted octanol–water partition coefficient (Wildman–Crippen LogP) is 3.56. The molecule has 0 aliphatic carbocycles. The smallest absolute Gasteiger partial charge is 0.254 e. The molecule has 0 spiro atoms. The third-order valence-corrected chi connectivity index (χ3v) is 3.97. The summed E-state index contributed by atoms with van der Waals surface area (Å²) in [5, 5.41) is 0.965. The summed E-state index contributed by atoms with van der Waals surface area (Å²) in [4.78, 5) is 19.3. The van der Waals surface area contributed by atoms with E-state index in [1.54, 1.807) is 0 Å². The summed E-state index contributed by atoms with van der Waals surface area (Å²) in [5.41, 5.74) is 2.61. The van der Waals surface area contributed by atoms with E-state index in [9.17, 15) is 4.79 Å². The van der Waals surface area contributed by atoms with Gasteiger partial charge in [-0.15, -0.1) is 0 Å². The Morgan fingerprint density at radius 2 is 1.80 bits per heavy atom. The maximum atomic E-state index is 12.8. The van der Waals surface area contributed by atoms with Crippen molar-refractivity contribution in [2.45, 2.75) is 32.6 Å². The minimum Gasteiger partial charge on any atom is -0.339 e. The molecule has 3 nitrogen and oxygen atoms in total. The summed E-state index contributed by atoms with van der Waals surface area (Å²) < 4.78 is 0. The fraction of sp³-hybridized carbons (Fsp3) is 0.412. The van der Waals surface area contributed by atoms with E-state index in [1.807, 2.05) is 42.2 Å². The number of rotatable bonds is 1. The van der Waals surface area contributed by atoms with Crippen LogP contribution in [-0.4, -0.2) is 28.9 Å². The molecule has 3 rings (SSSR count). The van der Waals surface area contributed by atoms with Gasteiger partial charge in [-0.3, -0.25) is 9.78 Å². The van der Waals surface area contributed by atoms with Crippen molar-refractivity contribution in [3.8, 4) is 0 Å². The van der Waals surface area contributed by atoms with Crippen LogP contribution in [-0.2, 0) is 0 Å². The van der Waals surface area contributed by atoms with E-state index in [4.69, 9.17) is 0 Å². The summed E-state index contributed by atoms with van der Waals surface area (Å²) in [6, 6.07) is 9.83. The summed E-state index contributed by atoms with van der Waals surface area (Å²) in [6.45, 7) is 3.72. The van der Waals surface area contributed by atoms with E-state index in [-0.39, 0.29) is 5.91 Å². The van der Waals surface area contributed by atoms with Crippen LogP contribution in [0.2, 0.25) is 0 Å². The zero-order valence-electron chi connectivity index (χ0n) is 11.9. The van der Waals surface area contributed by atoms with Gasteiger partial charge in [0.25, 0.3) is 5.91 Å². The number of aromatic nitrogens is 1. The minimum absolute atomic E-state index is 0.161. The zero-order chi connectivity index (χ0) is 13.9. The molecule has 0 radical (unpaired) electrons. The van der Waals surface area contributed by atoms with E-state index < -0.39 is 0 Å². The highest BCUT2D eigenvalue weighted by atomic mass is 16.2. The lowest BCUT2D eigenvalue weighted by molar-refractivity contribution is 0.0763. The summed E-state index contributed by atoms with van der Waals surface area (Å²) in [7, 11) is 0. The predicted molar refractivity (Wildman–Crippen MR) is 80.9 cm³/mol. The number of carbonyl (C=O) groups is 1. The molecule has 3 heteroatoms. The third kappa shape index (κ3) is 2.53. The molecule has 1 aromatic carbocycles. The SMILES string of the molecule is Cc1cc(C(=O)N2CCCCCC2)c2ccccc2n1. The Kier molecular flexibility index (Phi) is 3.68. The van der Waals surface area contributed by atoms with E-state index in [0.717, 1.165) is 48.1 Å². The molecule has 104 valence electrons. The lowest BCUT2D eigenvalue weighted by atomic mass is 10.1. The van der Waals surface area contributed by atoms with Crippen LogP contribution in [0.25, 0.3) is 10.9 Å². The van der Waals surface area contributed by atoms with Crippen molar-refractivity contribution in [2.24, 2.45) is 0 Å². The van der Waals surface area contributed by atoms with Crippen LogP contribution in [0, 0.1) is 6.92 Å². The Morgan fingerprint density at radius 1 is 1.10 bits per heavy atom. The van der Waals surface area contributed by atoms with Gasteiger partial charge in [-0.2, -0.15) is 0 Å². The molecule has 0 bridgehead atoms. The fourth-order valence-electron chi connectivity index (χ4n) is 2.93.